The van der Waals surface area contributed by atoms with E-state index in [1.807, 2.05) is 0 Å². The third-order valence-electron chi connectivity index (χ3n) is 2.16. The molecular weight excluding hydrogens is 218 g/mol. The molecule has 5 heteroatoms. The molecule has 0 bridgehead atoms. The standard InChI is InChI=1S/C10H12F2N2S/c1-3-14(2)9-7(11)4-6(10(13)15)5-8(9)12/h4-5H,3H2,1-2H3,(H2,13,15). The minimum absolute atomic E-state index is 0.0153. The summed E-state index contributed by atoms with van der Waals surface area (Å²) in [6.45, 7) is 2.32. The summed E-state index contributed by atoms with van der Waals surface area (Å²) in [6, 6.07) is 2.29. The van der Waals surface area contributed by atoms with Crippen molar-refractivity contribution in [3.8, 4) is 0 Å². The molecule has 0 fully saturated rings. The van der Waals surface area contributed by atoms with E-state index in [0.29, 0.717) is 6.54 Å². The number of anilines is 1. The summed E-state index contributed by atoms with van der Waals surface area (Å²) in [5, 5.41) is 0. The van der Waals surface area contributed by atoms with Gasteiger partial charge in [-0.3, -0.25) is 0 Å². The van der Waals surface area contributed by atoms with Crippen molar-refractivity contribution in [1.29, 1.82) is 0 Å². The lowest BCUT2D eigenvalue weighted by Crippen LogP contribution is -2.20. The molecule has 15 heavy (non-hydrogen) atoms. The minimum Gasteiger partial charge on any atom is -0.389 e. The van der Waals surface area contributed by atoms with Crippen molar-refractivity contribution in [3.05, 3.63) is 29.3 Å². The molecule has 0 aliphatic heterocycles. The van der Waals surface area contributed by atoms with Crippen LogP contribution in [0.1, 0.15) is 12.5 Å². The smallest absolute Gasteiger partial charge is 0.150 e. The summed E-state index contributed by atoms with van der Waals surface area (Å²) >= 11 is 4.65. The first-order chi connectivity index (χ1) is 6.97. The zero-order valence-electron chi connectivity index (χ0n) is 8.55. The molecule has 0 atom stereocenters. The van der Waals surface area contributed by atoms with Crippen LogP contribution in [0.5, 0.6) is 0 Å². The average molecular weight is 230 g/mol. The van der Waals surface area contributed by atoms with E-state index in [4.69, 9.17) is 5.73 Å². The molecule has 0 radical (unpaired) electrons. The first-order valence-corrected chi connectivity index (χ1v) is 4.88. The number of thiocarbonyl (C=S) groups is 1. The van der Waals surface area contributed by atoms with Crippen LogP contribution in [0.3, 0.4) is 0 Å². The van der Waals surface area contributed by atoms with E-state index >= 15 is 0 Å². The molecule has 0 saturated carbocycles. The Hall–Kier alpha value is -1.23. The van der Waals surface area contributed by atoms with Gasteiger partial charge in [0.25, 0.3) is 0 Å². The molecule has 0 aliphatic carbocycles. The second kappa shape index (κ2) is 4.53. The Balaban J connectivity index is 3.27. The van der Waals surface area contributed by atoms with Crippen LogP contribution in [0.15, 0.2) is 12.1 Å². The fourth-order valence-corrected chi connectivity index (χ4v) is 1.35. The topological polar surface area (TPSA) is 29.3 Å². The number of hydrogen-bond acceptors (Lipinski definition) is 2. The van der Waals surface area contributed by atoms with Crippen molar-refractivity contribution in [3.63, 3.8) is 0 Å². The van der Waals surface area contributed by atoms with Gasteiger partial charge in [0.15, 0.2) is 0 Å². The van der Waals surface area contributed by atoms with E-state index in [1.165, 1.54) is 4.90 Å². The van der Waals surface area contributed by atoms with Crippen molar-refractivity contribution >= 4 is 22.9 Å². The lowest BCUT2D eigenvalue weighted by molar-refractivity contribution is 0.578. The van der Waals surface area contributed by atoms with Gasteiger partial charge in [-0.15, -0.1) is 0 Å². The summed E-state index contributed by atoms with van der Waals surface area (Å²) in [4.78, 5) is 1.46. The predicted octanol–water partition coefficient (Wildman–Crippen LogP) is 2.06. The second-order valence-electron chi connectivity index (χ2n) is 3.17. The highest BCUT2D eigenvalue weighted by molar-refractivity contribution is 7.80. The number of hydrogen-bond donors (Lipinski definition) is 1. The van der Waals surface area contributed by atoms with Gasteiger partial charge in [0.2, 0.25) is 0 Å². The minimum atomic E-state index is -0.651. The second-order valence-corrected chi connectivity index (χ2v) is 3.61. The van der Waals surface area contributed by atoms with Gasteiger partial charge in [-0.25, -0.2) is 8.78 Å². The first-order valence-electron chi connectivity index (χ1n) is 4.47. The third kappa shape index (κ3) is 2.41. The molecule has 2 N–H and O–H groups in total. The van der Waals surface area contributed by atoms with E-state index in [2.05, 4.69) is 12.2 Å². The zero-order chi connectivity index (χ0) is 11.6. The van der Waals surface area contributed by atoms with Gasteiger partial charge in [0, 0.05) is 19.2 Å². The Morgan fingerprint density at radius 3 is 2.20 bits per heavy atom. The Morgan fingerprint density at radius 2 is 1.87 bits per heavy atom. The van der Waals surface area contributed by atoms with Crippen LogP contribution in [0.4, 0.5) is 14.5 Å². The lowest BCUT2D eigenvalue weighted by atomic mass is 10.1. The van der Waals surface area contributed by atoms with E-state index in [-0.39, 0.29) is 16.2 Å². The molecule has 0 spiro atoms. The number of halogens is 2. The largest absolute Gasteiger partial charge is 0.389 e. The van der Waals surface area contributed by atoms with E-state index < -0.39 is 11.6 Å². The zero-order valence-corrected chi connectivity index (χ0v) is 9.37. The van der Waals surface area contributed by atoms with Gasteiger partial charge in [-0.05, 0) is 19.1 Å². The third-order valence-corrected chi connectivity index (χ3v) is 2.39. The number of benzene rings is 1. The quantitative estimate of drug-likeness (QED) is 0.806. The first kappa shape index (κ1) is 11.8. The SMILES string of the molecule is CCN(C)c1c(F)cc(C(N)=S)cc1F. The van der Waals surface area contributed by atoms with E-state index in [0.717, 1.165) is 12.1 Å². The van der Waals surface area contributed by atoms with E-state index in [1.54, 1.807) is 14.0 Å². The molecule has 2 nitrogen and oxygen atoms in total. The van der Waals surface area contributed by atoms with Crippen LogP contribution in [0, 0.1) is 11.6 Å². The van der Waals surface area contributed by atoms with Crippen LogP contribution >= 0.6 is 12.2 Å². The molecule has 1 aromatic carbocycles. The fourth-order valence-electron chi connectivity index (χ4n) is 1.23. The van der Waals surface area contributed by atoms with Gasteiger partial charge >= 0.3 is 0 Å². The van der Waals surface area contributed by atoms with Gasteiger partial charge in [-0.2, -0.15) is 0 Å². The van der Waals surface area contributed by atoms with Crippen molar-refractivity contribution < 1.29 is 8.78 Å². The molecule has 0 aliphatic rings. The highest BCUT2D eigenvalue weighted by Gasteiger charge is 2.14. The molecule has 82 valence electrons. The molecule has 0 heterocycles. The summed E-state index contributed by atoms with van der Waals surface area (Å²) in [6.07, 6.45) is 0. The fraction of sp³-hybridized carbons (Fsp3) is 0.300. The molecule has 1 aromatic rings. The van der Waals surface area contributed by atoms with E-state index in [9.17, 15) is 8.78 Å². The van der Waals surface area contributed by atoms with Gasteiger partial charge in [0.05, 0.1) is 0 Å². The molecule has 0 unspecified atom stereocenters. The molecular formula is C10H12F2N2S. The van der Waals surface area contributed by atoms with Crippen molar-refractivity contribution in [2.24, 2.45) is 5.73 Å². The Labute approximate surface area is 92.7 Å². The van der Waals surface area contributed by atoms with Gasteiger partial charge < -0.3 is 10.6 Å². The van der Waals surface area contributed by atoms with Crippen molar-refractivity contribution in [2.45, 2.75) is 6.92 Å². The van der Waals surface area contributed by atoms with Gasteiger partial charge in [0.1, 0.15) is 22.3 Å². The van der Waals surface area contributed by atoms with Gasteiger partial charge in [-0.1, -0.05) is 12.2 Å². The maximum absolute atomic E-state index is 13.5. The summed E-state index contributed by atoms with van der Waals surface area (Å²) in [5.74, 6) is -1.30. The summed E-state index contributed by atoms with van der Waals surface area (Å²) < 4.78 is 27.0. The predicted molar refractivity (Wildman–Crippen MR) is 61.2 cm³/mol. The average Bonchev–Trinajstić information content (AvgIpc) is 2.16. The van der Waals surface area contributed by atoms with Crippen LogP contribution in [0.2, 0.25) is 0 Å². The maximum atomic E-state index is 13.5. The van der Waals surface area contributed by atoms with Crippen LogP contribution in [-0.4, -0.2) is 18.6 Å². The summed E-state index contributed by atoms with van der Waals surface area (Å²) in [5.41, 5.74) is 5.44. The van der Waals surface area contributed by atoms with Crippen LogP contribution in [0.25, 0.3) is 0 Å². The number of nitrogens with zero attached hydrogens (tertiary/aromatic N) is 1. The number of rotatable bonds is 3. The molecule has 0 saturated heterocycles. The Kier molecular flexibility index (Phi) is 3.57. The normalized spacial score (nSPS) is 10.1. The highest BCUT2D eigenvalue weighted by atomic mass is 32.1. The molecule has 0 amide bonds. The Morgan fingerprint density at radius 1 is 1.40 bits per heavy atom. The lowest BCUT2D eigenvalue weighted by Gasteiger charge is -2.18. The monoisotopic (exact) mass is 230 g/mol. The molecule has 1 rings (SSSR count). The highest BCUT2D eigenvalue weighted by Crippen LogP contribution is 2.23. The molecule has 0 aromatic heterocycles. The van der Waals surface area contributed by atoms with Crippen molar-refractivity contribution in [1.82, 2.24) is 0 Å². The van der Waals surface area contributed by atoms with Crippen LogP contribution in [-0.2, 0) is 0 Å². The van der Waals surface area contributed by atoms with Crippen molar-refractivity contribution in [2.75, 3.05) is 18.5 Å². The Bertz CT molecular complexity index is 370. The summed E-state index contributed by atoms with van der Waals surface area (Å²) in [7, 11) is 1.61. The van der Waals surface area contributed by atoms with Crippen LogP contribution < -0.4 is 10.6 Å². The number of nitrogens with two attached hydrogens (primary N) is 1. The maximum Gasteiger partial charge on any atom is 0.150 e.